The molecule has 0 radical (unpaired) electrons. The molecule has 2 rings (SSSR count). The van der Waals surface area contributed by atoms with Crippen molar-refractivity contribution < 1.29 is 9.90 Å². The maximum atomic E-state index is 11.2. The number of pyridine rings is 1. The van der Waals surface area contributed by atoms with Gasteiger partial charge in [-0.05, 0) is 17.5 Å². The van der Waals surface area contributed by atoms with Gasteiger partial charge in [0.15, 0.2) is 5.15 Å². The number of carboxylic acid groups (broad SMARTS) is 1. The summed E-state index contributed by atoms with van der Waals surface area (Å²) in [6.45, 7) is 6.30. The monoisotopic (exact) mass is 266 g/mol. The molecule has 0 aromatic carbocycles. The van der Waals surface area contributed by atoms with Crippen LogP contribution in [0.2, 0.25) is 5.15 Å². The summed E-state index contributed by atoms with van der Waals surface area (Å²) in [5.74, 6) is -0.213. The van der Waals surface area contributed by atoms with Crippen molar-refractivity contribution in [3.05, 3.63) is 34.9 Å². The predicted octanol–water partition coefficient (Wildman–Crippen LogP) is 3.27. The van der Waals surface area contributed by atoms with Crippen LogP contribution in [0.1, 0.15) is 37.0 Å². The molecule has 2 aromatic rings. The fraction of sp³-hybridized carbons (Fsp3) is 0.385. The molecule has 4 nitrogen and oxygen atoms in total. The van der Waals surface area contributed by atoms with Crippen LogP contribution in [0.25, 0.3) is 5.52 Å². The molecule has 5 heteroatoms. The van der Waals surface area contributed by atoms with Gasteiger partial charge < -0.3 is 9.51 Å². The van der Waals surface area contributed by atoms with E-state index < -0.39 is 5.97 Å². The number of hydrogen-bond donors (Lipinski definition) is 1. The molecule has 0 atom stereocenters. The number of fused-ring (bicyclic) bond motifs is 1. The van der Waals surface area contributed by atoms with Crippen LogP contribution in [0.3, 0.4) is 0 Å². The van der Waals surface area contributed by atoms with Gasteiger partial charge in [-0.15, -0.1) is 0 Å². The second-order valence-electron chi connectivity index (χ2n) is 5.50. The van der Waals surface area contributed by atoms with Gasteiger partial charge in [-0.1, -0.05) is 32.4 Å². The molecule has 0 spiro atoms. The van der Waals surface area contributed by atoms with Crippen molar-refractivity contribution in [2.24, 2.45) is 5.41 Å². The van der Waals surface area contributed by atoms with Crippen molar-refractivity contribution in [3.63, 3.8) is 0 Å². The Morgan fingerprint density at radius 3 is 2.72 bits per heavy atom. The van der Waals surface area contributed by atoms with Crippen LogP contribution in [0, 0.1) is 5.41 Å². The van der Waals surface area contributed by atoms with Crippen molar-refractivity contribution in [3.8, 4) is 0 Å². The Balaban J connectivity index is 2.66. The summed E-state index contributed by atoms with van der Waals surface area (Å²) in [4.78, 5) is 15.4. The number of carboxylic acids is 1. The summed E-state index contributed by atoms with van der Waals surface area (Å²) in [5.41, 5.74) is 0.699. The average molecular weight is 267 g/mol. The summed E-state index contributed by atoms with van der Waals surface area (Å²) in [7, 11) is 0. The zero-order chi connectivity index (χ0) is 13.5. The lowest BCUT2D eigenvalue weighted by molar-refractivity contribution is 0.0698. The molecule has 2 aromatic heterocycles. The summed E-state index contributed by atoms with van der Waals surface area (Å²) < 4.78 is 1.76. The zero-order valence-electron chi connectivity index (χ0n) is 10.6. The van der Waals surface area contributed by atoms with Crippen LogP contribution in [-0.2, 0) is 6.42 Å². The average Bonchev–Trinajstić information content (AvgIpc) is 2.53. The maximum Gasteiger partial charge on any atom is 0.337 e. The smallest absolute Gasteiger partial charge is 0.337 e. The Morgan fingerprint density at radius 1 is 1.50 bits per heavy atom. The standard InChI is InChI=1S/C13H15ClN2O2/c1-13(2,3)7-9-15-11(14)10-8(12(17)18)5-4-6-16(9)10/h4-6H,7H2,1-3H3,(H,17,18). The molecule has 0 amide bonds. The van der Waals surface area contributed by atoms with Gasteiger partial charge in [0.25, 0.3) is 0 Å². The molecule has 0 bridgehead atoms. The minimum atomic E-state index is -0.996. The van der Waals surface area contributed by atoms with E-state index in [1.54, 1.807) is 16.7 Å². The van der Waals surface area contributed by atoms with Gasteiger partial charge in [0.2, 0.25) is 0 Å². The largest absolute Gasteiger partial charge is 0.478 e. The number of rotatable bonds is 2. The van der Waals surface area contributed by atoms with Gasteiger partial charge >= 0.3 is 5.97 Å². The normalized spacial score (nSPS) is 12.0. The van der Waals surface area contributed by atoms with E-state index >= 15 is 0 Å². The van der Waals surface area contributed by atoms with Gasteiger partial charge in [0, 0.05) is 12.6 Å². The van der Waals surface area contributed by atoms with Crippen LogP contribution in [0.5, 0.6) is 0 Å². The lowest BCUT2D eigenvalue weighted by Gasteiger charge is -2.16. The highest BCUT2D eigenvalue weighted by Crippen LogP contribution is 2.26. The minimum absolute atomic E-state index is 0.0594. The molecule has 1 N–H and O–H groups in total. The minimum Gasteiger partial charge on any atom is -0.478 e. The van der Waals surface area contributed by atoms with Gasteiger partial charge in [-0.2, -0.15) is 0 Å². The molecule has 0 aliphatic rings. The highest BCUT2D eigenvalue weighted by molar-refractivity contribution is 6.33. The number of nitrogens with zero attached hydrogens (tertiary/aromatic N) is 2. The zero-order valence-corrected chi connectivity index (χ0v) is 11.3. The van der Waals surface area contributed by atoms with E-state index in [0.717, 1.165) is 12.2 Å². The number of aromatic nitrogens is 2. The number of imidazole rings is 1. The molecule has 96 valence electrons. The molecule has 18 heavy (non-hydrogen) atoms. The third-order valence-corrected chi connectivity index (χ3v) is 2.88. The van der Waals surface area contributed by atoms with E-state index in [0.29, 0.717) is 5.52 Å². The third-order valence-electron chi connectivity index (χ3n) is 2.61. The van der Waals surface area contributed by atoms with Gasteiger partial charge in [0.05, 0.1) is 11.1 Å². The van der Waals surface area contributed by atoms with E-state index in [2.05, 4.69) is 25.8 Å². The van der Waals surface area contributed by atoms with E-state index in [1.165, 1.54) is 6.07 Å². The number of aromatic carboxylic acids is 1. The molecule has 0 aliphatic carbocycles. The Bertz CT molecular complexity index is 611. The molecule has 0 saturated carbocycles. The fourth-order valence-electron chi connectivity index (χ4n) is 1.93. The van der Waals surface area contributed by atoms with Gasteiger partial charge in [-0.3, -0.25) is 0 Å². The predicted molar refractivity (Wildman–Crippen MR) is 70.3 cm³/mol. The highest BCUT2D eigenvalue weighted by atomic mass is 35.5. The molecule has 0 aliphatic heterocycles. The molecular weight excluding hydrogens is 252 g/mol. The molecule has 0 unspecified atom stereocenters. The summed E-state index contributed by atoms with van der Waals surface area (Å²) in [6.07, 6.45) is 2.52. The van der Waals surface area contributed by atoms with Crippen molar-refractivity contribution in [1.29, 1.82) is 0 Å². The Labute approximate surface area is 110 Å². The number of hydrogen-bond acceptors (Lipinski definition) is 2. The van der Waals surface area contributed by atoms with Crippen LogP contribution in [-0.4, -0.2) is 20.5 Å². The topological polar surface area (TPSA) is 54.6 Å². The maximum absolute atomic E-state index is 11.2. The quantitative estimate of drug-likeness (QED) is 0.908. The molecule has 2 heterocycles. The Kier molecular flexibility index (Phi) is 3.07. The van der Waals surface area contributed by atoms with E-state index in [9.17, 15) is 4.79 Å². The summed E-state index contributed by atoms with van der Waals surface area (Å²) in [6, 6.07) is 3.23. The molecule has 0 fully saturated rings. The Morgan fingerprint density at radius 2 is 2.17 bits per heavy atom. The van der Waals surface area contributed by atoms with Crippen molar-refractivity contribution in [2.75, 3.05) is 0 Å². The lowest BCUT2D eigenvalue weighted by atomic mass is 9.92. The van der Waals surface area contributed by atoms with Crippen LogP contribution < -0.4 is 0 Å². The van der Waals surface area contributed by atoms with Crippen molar-refractivity contribution >= 4 is 23.1 Å². The first-order chi connectivity index (χ1) is 8.29. The summed E-state index contributed by atoms with van der Waals surface area (Å²) in [5, 5.41) is 9.39. The van der Waals surface area contributed by atoms with E-state index in [-0.39, 0.29) is 16.1 Å². The molecular formula is C13H15ClN2O2. The van der Waals surface area contributed by atoms with E-state index in [1.807, 2.05) is 0 Å². The van der Waals surface area contributed by atoms with Crippen molar-refractivity contribution in [2.45, 2.75) is 27.2 Å². The first-order valence-corrected chi connectivity index (χ1v) is 6.06. The fourth-order valence-corrected chi connectivity index (χ4v) is 2.22. The molecule has 0 saturated heterocycles. The van der Waals surface area contributed by atoms with Crippen molar-refractivity contribution in [1.82, 2.24) is 9.38 Å². The van der Waals surface area contributed by atoms with Crippen LogP contribution >= 0.6 is 11.6 Å². The SMILES string of the molecule is CC(C)(C)Cc1nc(Cl)c2c(C(=O)O)cccn12. The van der Waals surface area contributed by atoms with Crippen LogP contribution in [0.4, 0.5) is 0 Å². The lowest BCUT2D eigenvalue weighted by Crippen LogP contribution is -2.12. The first-order valence-electron chi connectivity index (χ1n) is 5.68. The summed E-state index contributed by atoms with van der Waals surface area (Å²) >= 11 is 6.06. The van der Waals surface area contributed by atoms with Gasteiger partial charge in [0.1, 0.15) is 5.82 Å². The number of carbonyl (C=O) groups is 1. The highest BCUT2D eigenvalue weighted by Gasteiger charge is 2.20. The Hall–Kier alpha value is -1.55. The third kappa shape index (κ3) is 2.34. The number of halogens is 1. The van der Waals surface area contributed by atoms with Gasteiger partial charge in [-0.25, -0.2) is 9.78 Å². The second-order valence-corrected chi connectivity index (χ2v) is 5.86. The van der Waals surface area contributed by atoms with E-state index in [4.69, 9.17) is 16.7 Å². The second kappa shape index (κ2) is 4.28. The first kappa shape index (κ1) is 12.9. The van der Waals surface area contributed by atoms with Crippen LogP contribution in [0.15, 0.2) is 18.3 Å².